The third kappa shape index (κ3) is 5.76. The average Bonchev–Trinajstić information content (AvgIpc) is 2.75. The number of morpholine rings is 1. The van der Waals surface area contributed by atoms with Crippen LogP contribution in [0.4, 0.5) is 5.69 Å². The van der Waals surface area contributed by atoms with Gasteiger partial charge in [0.1, 0.15) is 0 Å². The Kier molecular flexibility index (Phi) is 7.57. The summed E-state index contributed by atoms with van der Waals surface area (Å²) in [7, 11) is 1.38. The fourth-order valence-corrected chi connectivity index (χ4v) is 3.51. The topological polar surface area (TPSA) is 62.8 Å². The zero-order valence-corrected chi connectivity index (χ0v) is 17.7. The van der Waals surface area contributed by atoms with Gasteiger partial charge in [-0.05, 0) is 48.0 Å². The molecule has 1 aliphatic heterocycles. The first kappa shape index (κ1) is 21.2. The predicted octanol–water partition coefficient (Wildman–Crippen LogP) is 3.10. The SMILES string of the molecule is COC(=O)c1cccc(NC(=S)NCc2ccccc2CN2CCOCC2)c1C. The molecule has 1 fully saturated rings. The van der Waals surface area contributed by atoms with Crippen LogP contribution < -0.4 is 10.6 Å². The molecule has 1 saturated heterocycles. The molecule has 1 heterocycles. The summed E-state index contributed by atoms with van der Waals surface area (Å²) in [6, 6.07) is 13.8. The third-order valence-electron chi connectivity index (χ3n) is 5.04. The molecule has 0 amide bonds. The normalized spacial score (nSPS) is 14.3. The smallest absolute Gasteiger partial charge is 0.338 e. The Bertz CT molecular complexity index is 866. The maximum atomic E-state index is 11.9. The lowest BCUT2D eigenvalue weighted by Gasteiger charge is -2.27. The predicted molar refractivity (Wildman–Crippen MR) is 118 cm³/mol. The number of nitrogens with one attached hydrogen (secondary N) is 2. The number of benzene rings is 2. The highest BCUT2D eigenvalue weighted by molar-refractivity contribution is 7.80. The minimum absolute atomic E-state index is 0.359. The van der Waals surface area contributed by atoms with E-state index in [1.165, 1.54) is 18.2 Å². The molecule has 0 aliphatic carbocycles. The summed E-state index contributed by atoms with van der Waals surface area (Å²) in [4.78, 5) is 14.3. The summed E-state index contributed by atoms with van der Waals surface area (Å²) in [5.41, 5.74) is 4.61. The monoisotopic (exact) mass is 413 g/mol. The van der Waals surface area contributed by atoms with E-state index in [2.05, 4.69) is 33.7 Å². The number of nitrogens with zero attached hydrogens (tertiary/aromatic N) is 1. The molecule has 2 aromatic rings. The number of esters is 1. The van der Waals surface area contributed by atoms with Crippen LogP contribution in [0.15, 0.2) is 42.5 Å². The molecule has 29 heavy (non-hydrogen) atoms. The number of hydrogen-bond acceptors (Lipinski definition) is 5. The Morgan fingerprint density at radius 1 is 1.14 bits per heavy atom. The van der Waals surface area contributed by atoms with Gasteiger partial charge in [0.05, 0.1) is 25.9 Å². The molecule has 2 aromatic carbocycles. The lowest BCUT2D eigenvalue weighted by molar-refractivity contribution is 0.0341. The molecule has 7 heteroatoms. The summed E-state index contributed by atoms with van der Waals surface area (Å²) in [5.74, 6) is -0.359. The fourth-order valence-electron chi connectivity index (χ4n) is 3.33. The van der Waals surface area contributed by atoms with Crippen LogP contribution in [0.5, 0.6) is 0 Å². The van der Waals surface area contributed by atoms with Gasteiger partial charge in [0.15, 0.2) is 5.11 Å². The van der Waals surface area contributed by atoms with Gasteiger partial charge in [0, 0.05) is 31.9 Å². The van der Waals surface area contributed by atoms with Gasteiger partial charge in [0.25, 0.3) is 0 Å². The zero-order valence-electron chi connectivity index (χ0n) is 16.9. The van der Waals surface area contributed by atoms with E-state index in [1.54, 1.807) is 6.07 Å². The van der Waals surface area contributed by atoms with Crippen molar-refractivity contribution >= 4 is 29.0 Å². The Morgan fingerprint density at radius 2 is 1.86 bits per heavy atom. The molecule has 0 saturated carbocycles. The van der Waals surface area contributed by atoms with Crippen molar-refractivity contribution < 1.29 is 14.3 Å². The van der Waals surface area contributed by atoms with Gasteiger partial charge >= 0.3 is 5.97 Å². The lowest BCUT2D eigenvalue weighted by atomic mass is 10.1. The van der Waals surface area contributed by atoms with Crippen molar-refractivity contribution in [3.8, 4) is 0 Å². The molecule has 0 atom stereocenters. The number of anilines is 1. The second-order valence-corrected chi connectivity index (χ2v) is 7.34. The Balaban J connectivity index is 1.61. The fraction of sp³-hybridized carbons (Fsp3) is 0.364. The number of hydrogen-bond donors (Lipinski definition) is 2. The lowest BCUT2D eigenvalue weighted by Crippen LogP contribution is -2.36. The maximum Gasteiger partial charge on any atom is 0.338 e. The van der Waals surface area contributed by atoms with Gasteiger partial charge in [-0.25, -0.2) is 4.79 Å². The molecule has 154 valence electrons. The van der Waals surface area contributed by atoms with E-state index in [0.29, 0.717) is 17.2 Å². The van der Waals surface area contributed by atoms with E-state index in [4.69, 9.17) is 21.7 Å². The Labute approximate surface area is 177 Å². The molecule has 0 aromatic heterocycles. The summed E-state index contributed by atoms with van der Waals surface area (Å²) < 4.78 is 10.3. The summed E-state index contributed by atoms with van der Waals surface area (Å²) >= 11 is 5.47. The summed E-state index contributed by atoms with van der Waals surface area (Å²) in [5, 5.41) is 6.97. The van der Waals surface area contributed by atoms with Crippen LogP contribution in [0.1, 0.15) is 27.0 Å². The first-order valence-corrected chi connectivity index (χ1v) is 10.1. The highest BCUT2D eigenvalue weighted by atomic mass is 32.1. The standard InChI is InChI=1S/C22H27N3O3S/c1-16-19(21(26)27-2)8-5-9-20(16)24-22(29)23-14-17-6-3-4-7-18(17)15-25-10-12-28-13-11-25/h3-9H,10-15H2,1-2H3,(H2,23,24,29). The quantitative estimate of drug-likeness (QED) is 0.557. The van der Waals surface area contributed by atoms with Crippen LogP contribution in [0, 0.1) is 6.92 Å². The Hall–Kier alpha value is -2.48. The van der Waals surface area contributed by atoms with Gasteiger partial charge in [-0.1, -0.05) is 30.3 Å². The van der Waals surface area contributed by atoms with Crippen molar-refractivity contribution in [2.45, 2.75) is 20.0 Å². The highest BCUT2D eigenvalue weighted by Gasteiger charge is 2.14. The maximum absolute atomic E-state index is 11.9. The van der Waals surface area contributed by atoms with Crippen LogP contribution in [-0.4, -0.2) is 49.4 Å². The summed E-state index contributed by atoms with van der Waals surface area (Å²) in [6.45, 7) is 6.89. The van der Waals surface area contributed by atoms with E-state index in [9.17, 15) is 4.79 Å². The van der Waals surface area contributed by atoms with Crippen molar-refractivity contribution in [1.82, 2.24) is 10.2 Å². The number of rotatable bonds is 6. The zero-order chi connectivity index (χ0) is 20.6. The molecule has 3 rings (SSSR count). The number of methoxy groups -OCH3 is 1. The van der Waals surface area contributed by atoms with E-state index in [0.717, 1.165) is 44.1 Å². The second-order valence-electron chi connectivity index (χ2n) is 6.93. The van der Waals surface area contributed by atoms with Gasteiger partial charge in [-0.15, -0.1) is 0 Å². The van der Waals surface area contributed by atoms with E-state index >= 15 is 0 Å². The molecule has 0 radical (unpaired) electrons. The molecule has 6 nitrogen and oxygen atoms in total. The Morgan fingerprint density at radius 3 is 2.59 bits per heavy atom. The van der Waals surface area contributed by atoms with E-state index < -0.39 is 0 Å². The van der Waals surface area contributed by atoms with Crippen molar-refractivity contribution in [3.63, 3.8) is 0 Å². The van der Waals surface area contributed by atoms with E-state index in [-0.39, 0.29) is 5.97 Å². The first-order chi connectivity index (χ1) is 14.1. The highest BCUT2D eigenvalue weighted by Crippen LogP contribution is 2.20. The summed E-state index contributed by atoms with van der Waals surface area (Å²) in [6.07, 6.45) is 0. The van der Waals surface area contributed by atoms with Gasteiger partial charge in [-0.2, -0.15) is 0 Å². The van der Waals surface area contributed by atoms with Gasteiger partial charge in [-0.3, -0.25) is 4.90 Å². The minimum atomic E-state index is -0.359. The molecular formula is C22H27N3O3S. The third-order valence-corrected chi connectivity index (χ3v) is 5.29. The number of ether oxygens (including phenoxy) is 2. The van der Waals surface area contributed by atoms with Crippen LogP contribution >= 0.6 is 12.2 Å². The van der Waals surface area contributed by atoms with Gasteiger partial charge < -0.3 is 20.1 Å². The minimum Gasteiger partial charge on any atom is -0.465 e. The van der Waals surface area contributed by atoms with Crippen LogP contribution in [-0.2, 0) is 22.6 Å². The van der Waals surface area contributed by atoms with Crippen molar-refractivity contribution in [3.05, 3.63) is 64.7 Å². The van der Waals surface area contributed by atoms with Crippen LogP contribution in [0.25, 0.3) is 0 Å². The molecule has 0 bridgehead atoms. The molecule has 0 unspecified atom stereocenters. The largest absolute Gasteiger partial charge is 0.465 e. The number of carbonyl (C=O) groups is 1. The number of thiocarbonyl (C=S) groups is 1. The van der Waals surface area contributed by atoms with Crippen molar-refractivity contribution in [2.24, 2.45) is 0 Å². The van der Waals surface area contributed by atoms with Crippen LogP contribution in [0.2, 0.25) is 0 Å². The van der Waals surface area contributed by atoms with Gasteiger partial charge in [0.2, 0.25) is 0 Å². The van der Waals surface area contributed by atoms with Crippen molar-refractivity contribution in [1.29, 1.82) is 0 Å². The molecule has 1 aliphatic rings. The first-order valence-electron chi connectivity index (χ1n) is 9.68. The van der Waals surface area contributed by atoms with Crippen LogP contribution in [0.3, 0.4) is 0 Å². The second kappa shape index (κ2) is 10.3. The molecular weight excluding hydrogens is 386 g/mol. The number of carbonyl (C=O) groups excluding carboxylic acids is 1. The average molecular weight is 414 g/mol. The van der Waals surface area contributed by atoms with Crippen molar-refractivity contribution in [2.75, 3.05) is 38.7 Å². The molecule has 0 spiro atoms. The molecule has 2 N–H and O–H groups in total. The van der Waals surface area contributed by atoms with E-state index in [1.807, 2.05) is 25.1 Å².